The number of benzene rings is 2. The van der Waals surface area contributed by atoms with Crippen LogP contribution in [0.4, 0.5) is 27.6 Å². The number of oxime groups is 1. The van der Waals surface area contributed by atoms with Crippen molar-refractivity contribution in [2.24, 2.45) is 5.16 Å². The molecule has 32 heavy (non-hydrogen) atoms. The van der Waals surface area contributed by atoms with Gasteiger partial charge in [0.15, 0.2) is 0 Å². The van der Waals surface area contributed by atoms with Crippen LogP contribution < -0.4 is 10.6 Å². The summed E-state index contributed by atoms with van der Waals surface area (Å²) >= 11 is 1.87. The van der Waals surface area contributed by atoms with E-state index in [4.69, 9.17) is 0 Å². The fraction of sp³-hybridized carbons (Fsp3) is 0.250. The van der Waals surface area contributed by atoms with Gasteiger partial charge in [-0.05, 0) is 59.3 Å². The lowest BCUT2D eigenvalue weighted by Gasteiger charge is -2.21. The number of hydrogen-bond donors (Lipinski definition) is 2. The second-order valence-electron chi connectivity index (χ2n) is 6.40. The quantitative estimate of drug-likeness (QED) is 0.216. The highest BCUT2D eigenvalue weighted by molar-refractivity contribution is 14.1. The van der Waals surface area contributed by atoms with Crippen LogP contribution in [0.1, 0.15) is 31.8 Å². The Bertz CT molecular complexity index is 1040. The van der Waals surface area contributed by atoms with Crippen LogP contribution >= 0.6 is 22.6 Å². The Morgan fingerprint density at radius 3 is 2.41 bits per heavy atom. The van der Waals surface area contributed by atoms with Crippen molar-refractivity contribution in [3.8, 4) is 0 Å². The molecule has 2 aromatic rings. The highest BCUT2D eigenvalue weighted by Crippen LogP contribution is 2.44. The number of amides is 2. The second kappa shape index (κ2) is 10.2. The molecule has 2 amide bonds. The third-order valence-electron chi connectivity index (χ3n) is 4.21. The molecule has 2 rings (SSSR count). The molecule has 0 unspecified atom stereocenters. The molecule has 12 heteroatoms. The first-order valence-electron chi connectivity index (χ1n) is 8.89. The number of aryl methyl sites for hydroxylation is 1. The summed E-state index contributed by atoms with van der Waals surface area (Å²) in [5, 5.41) is 8.47. The number of nitrogens with one attached hydrogen (secondary N) is 2. The molecule has 0 spiro atoms. The topological polar surface area (TPSA) is 79.8 Å². The molecular formula is C20H17F5IN3O3. The van der Waals surface area contributed by atoms with Gasteiger partial charge in [0.25, 0.3) is 11.8 Å². The first kappa shape index (κ1) is 25.5. The van der Waals surface area contributed by atoms with Gasteiger partial charge >= 0.3 is 12.1 Å². The minimum absolute atomic E-state index is 0.00724. The standard InChI is InChI=1S/C20H17F5IN3O3/c1-11-10-12(19(21,22)20(23,24)25)6-7-15(11)29-17(30)13-4-3-5-14(26)16(13)18(31)27-8-9-28-32-2/h3-7,9-10H,8H2,1-2H3,(H,27,31)(H,29,30). The Morgan fingerprint density at radius 1 is 1.12 bits per heavy atom. The first-order chi connectivity index (χ1) is 14.9. The van der Waals surface area contributed by atoms with Crippen LogP contribution in [0, 0.1) is 10.5 Å². The summed E-state index contributed by atoms with van der Waals surface area (Å²) in [5.74, 6) is -6.34. The smallest absolute Gasteiger partial charge is 0.399 e. The molecule has 0 saturated heterocycles. The Hall–Kier alpha value is -2.77. The lowest BCUT2D eigenvalue weighted by molar-refractivity contribution is -0.289. The van der Waals surface area contributed by atoms with Crippen molar-refractivity contribution < 1.29 is 36.4 Å². The zero-order valence-electron chi connectivity index (χ0n) is 16.7. The van der Waals surface area contributed by atoms with Gasteiger partial charge in [0.1, 0.15) is 7.11 Å². The number of alkyl halides is 5. The summed E-state index contributed by atoms with van der Waals surface area (Å²) in [6, 6.07) is 6.73. The lowest BCUT2D eigenvalue weighted by Crippen LogP contribution is -2.33. The molecule has 172 valence electrons. The molecule has 0 aliphatic carbocycles. The maximum absolute atomic E-state index is 13.6. The second-order valence-corrected chi connectivity index (χ2v) is 7.56. The Balaban J connectivity index is 2.29. The zero-order chi connectivity index (χ0) is 24.1. The van der Waals surface area contributed by atoms with Crippen LogP contribution in [-0.4, -0.2) is 37.9 Å². The van der Waals surface area contributed by atoms with Crippen molar-refractivity contribution in [2.45, 2.75) is 19.0 Å². The van der Waals surface area contributed by atoms with Gasteiger partial charge in [-0.15, -0.1) is 0 Å². The Kier molecular flexibility index (Phi) is 8.15. The summed E-state index contributed by atoms with van der Waals surface area (Å²) in [5.41, 5.74) is -1.18. The van der Waals surface area contributed by atoms with E-state index < -0.39 is 29.5 Å². The number of hydrogen-bond acceptors (Lipinski definition) is 4. The maximum atomic E-state index is 13.6. The minimum atomic E-state index is -5.75. The SMILES string of the molecule is CON=CCNC(=O)c1c(I)cccc1C(=O)Nc1ccc(C(F)(F)C(F)(F)F)cc1C. The largest absolute Gasteiger partial charge is 0.458 e. The van der Waals surface area contributed by atoms with Crippen molar-refractivity contribution in [3.63, 3.8) is 0 Å². The van der Waals surface area contributed by atoms with E-state index in [9.17, 15) is 31.5 Å². The van der Waals surface area contributed by atoms with E-state index in [1.165, 1.54) is 26.3 Å². The highest BCUT2D eigenvalue weighted by atomic mass is 127. The summed E-state index contributed by atoms with van der Waals surface area (Å²) in [6.45, 7) is 1.32. The maximum Gasteiger partial charge on any atom is 0.458 e. The summed E-state index contributed by atoms with van der Waals surface area (Å²) in [6.07, 6.45) is -4.45. The van der Waals surface area contributed by atoms with Crippen LogP contribution in [0.2, 0.25) is 0 Å². The normalized spacial score (nSPS) is 12.0. The van der Waals surface area contributed by atoms with Crippen LogP contribution in [0.25, 0.3) is 0 Å². The highest BCUT2D eigenvalue weighted by Gasteiger charge is 2.58. The molecule has 0 atom stereocenters. The van der Waals surface area contributed by atoms with Gasteiger partial charge in [-0.2, -0.15) is 22.0 Å². The van der Waals surface area contributed by atoms with Crippen molar-refractivity contribution in [3.05, 3.63) is 62.2 Å². The molecule has 2 aromatic carbocycles. The van der Waals surface area contributed by atoms with Crippen LogP contribution in [0.3, 0.4) is 0 Å². The molecule has 0 fully saturated rings. The molecule has 0 saturated carbocycles. The van der Waals surface area contributed by atoms with Crippen LogP contribution in [-0.2, 0) is 10.8 Å². The van der Waals surface area contributed by atoms with Gasteiger partial charge in [0, 0.05) is 14.8 Å². The summed E-state index contributed by atoms with van der Waals surface area (Å²) in [7, 11) is 1.33. The van der Waals surface area contributed by atoms with E-state index in [1.54, 1.807) is 12.1 Å². The zero-order valence-corrected chi connectivity index (χ0v) is 18.8. The monoisotopic (exact) mass is 569 g/mol. The number of carbonyl (C=O) groups excluding carboxylic acids is 2. The van der Waals surface area contributed by atoms with Crippen molar-refractivity contribution >= 4 is 46.3 Å². The fourth-order valence-electron chi connectivity index (χ4n) is 2.64. The molecule has 0 radical (unpaired) electrons. The van der Waals surface area contributed by atoms with Gasteiger partial charge in [-0.25, -0.2) is 0 Å². The third-order valence-corrected chi connectivity index (χ3v) is 5.11. The van der Waals surface area contributed by atoms with Gasteiger partial charge in [-0.1, -0.05) is 17.3 Å². The molecular weight excluding hydrogens is 552 g/mol. The van der Waals surface area contributed by atoms with Gasteiger partial charge < -0.3 is 15.5 Å². The van der Waals surface area contributed by atoms with E-state index >= 15 is 0 Å². The van der Waals surface area contributed by atoms with E-state index in [0.29, 0.717) is 15.7 Å². The third kappa shape index (κ3) is 5.72. The van der Waals surface area contributed by atoms with E-state index in [0.717, 1.165) is 6.07 Å². The van der Waals surface area contributed by atoms with Crippen LogP contribution in [0.5, 0.6) is 0 Å². The number of nitrogens with zero attached hydrogens (tertiary/aromatic N) is 1. The van der Waals surface area contributed by atoms with Crippen molar-refractivity contribution in [2.75, 3.05) is 19.0 Å². The molecule has 0 aliphatic heterocycles. The number of carbonyl (C=O) groups is 2. The van der Waals surface area contributed by atoms with Gasteiger partial charge in [0.2, 0.25) is 0 Å². The molecule has 0 heterocycles. The van der Waals surface area contributed by atoms with E-state index in [-0.39, 0.29) is 28.9 Å². The lowest BCUT2D eigenvalue weighted by atomic mass is 10.0. The average Bonchev–Trinajstić information content (AvgIpc) is 2.71. The van der Waals surface area contributed by atoms with Crippen molar-refractivity contribution in [1.82, 2.24) is 5.32 Å². The minimum Gasteiger partial charge on any atom is -0.399 e. The Labute approximate surface area is 193 Å². The molecule has 0 aromatic heterocycles. The Morgan fingerprint density at radius 2 is 1.81 bits per heavy atom. The van der Waals surface area contributed by atoms with Gasteiger partial charge in [0.05, 0.1) is 23.9 Å². The number of halogens is 6. The first-order valence-corrected chi connectivity index (χ1v) is 9.96. The summed E-state index contributed by atoms with van der Waals surface area (Å²) in [4.78, 5) is 29.8. The predicted octanol–water partition coefficient (Wildman–Crippen LogP) is 4.87. The molecule has 2 N–H and O–H groups in total. The fourth-order valence-corrected chi connectivity index (χ4v) is 3.38. The average molecular weight is 569 g/mol. The van der Waals surface area contributed by atoms with E-state index in [2.05, 4.69) is 20.6 Å². The summed E-state index contributed by atoms with van der Waals surface area (Å²) < 4.78 is 65.4. The molecule has 0 aliphatic rings. The van der Waals surface area contributed by atoms with Crippen LogP contribution in [0.15, 0.2) is 41.6 Å². The molecule has 6 nitrogen and oxygen atoms in total. The van der Waals surface area contributed by atoms with Gasteiger partial charge in [-0.3, -0.25) is 9.59 Å². The number of anilines is 1. The number of rotatable bonds is 7. The van der Waals surface area contributed by atoms with E-state index in [1.807, 2.05) is 22.6 Å². The predicted molar refractivity (Wildman–Crippen MR) is 116 cm³/mol. The van der Waals surface area contributed by atoms with Crippen molar-refractivity contribution in [1.29, 1.82) is 0 Å². The molecule has 0 bridgehead atoms.